The minimum atomic E-state index is 0.397. The molecule has 1 aliphatic carbocycles. The van der Waals surface area contributed by atoms with E-state index >= 15 is 0 Å². The molecule has 1 nitrogen and oxygen atoms in total. The van der Waals surface area contributed by atoms with Gasteiger partial charge in [-0.05, 0) is 21.9 Å². The van der Waals surface area contributed by atoms with Crippen LogP contribution in [0.25, 0.3) is 10.8 Å². The first-order valence-electron chi connectivity index (χ1n) is 5.59. The molecule has 0 spiro atoms. The van der Waals surface area contributed by atoms with Crippen LogP contribution in [0, 0.1) is 0 Å². The van der Waals surface area contributed by atoms with Crippen LogP contribution in [0.2, 0.25) is 0 Å². The molecule has 4 rings (SSSR count). The molecule has 0 radical (unpaired) electrons. The van der Waals surface area contributed by atoms with Crippen molar-refractivity contribution >= 4 is 10.8 Å². The second kappa shape index (κ2) is 3.46. The van der Waals surface area contributed by atoms with Crippen molar-refractivity contribution in [2.45, 2.75) is 18.6 Å². The lowest BCUT2D eigenvalue weighted by molar-refractivity contribution is 0.376. The molecule has 2 unspecified atom stereocenters. The summed E-state index contributed by atoms with van der Waals surface area (Å²) in [6.45, 7) is 6.00. The zero-order valence-electron chi connectivity index (χ0n) is 9.15. The lowest BCUT2D eigenvalue weighted by Crippen LogP contribution is -2.03. The SMILES string of the molecule is C=C.c1cc2c3c(cccc3c1)C1OC1C2. The van der Waals surface area contributed by atoms with Gasteiger partial charge in [0.15, 0.2) is 0 Å². The van der Waals surface area contributed by atoms with Crippen LogP contribution in [-0.4, -0.2) is 6.10 Å². The number of rotatable bonds is 0. The van der Waals surface area contributed by atoms with Gasteiger partial charge in [0.1, 0.15) is 6.10 Å². The van der Waals surface area contributed by atoms with Gasteiger partial charge in [0.25, 0.3) is 0 Å². The van der Waals surface area contributed by atoms with Gasteiger partial charge in [0.2, 0.25) is 0 Å². The van der Waals surface area contributed by atoms with E-state index < -0.39 is 0 Å². The maximum absolute atomic E-state index is 5.65. The first kappa shape index (κ1) is 9.61. The molecule has 0 bridgehead atoms. The van der Waals surface area contributed by atoms with Crippen LogP contribution in [0.1, 0.15) is 17.2 Å². The van der Waals surface area contributed by atoms with Gasteiger partial charge in [-0.25, -0.2) is 0 Å². The van der Waals surface area contributed by atoms with E-state index in [-0.39, 0.29) is 0 Å². The molecule has 0 aromatic heterocycles. The Morgan fingerprint density at radius 2 is 1.81 bits per heavy atom. The summed E-state index contributed by atoms with van der Waals surface area (Å²) in [6, 6.07) is 13.1. The van der Waals surface area contributed by atoms with E-state index in [0.29, 0.717) is 12.2 Å². The van der Waals surface area contributed by atoms with Gasteiger partial charge >= 0.3 is 0 Å². The molecule has 80 valence electrons. The summed E-state index contributed by atoms with van der Waals surface area (Å²) in [5, 5.41) is 2.79. The molecule has 1 fully saturated rings. The Morgan fingerprint density at radius 3 is 2.62 bits per heavy atom. The van der Waals surface area contributed by atoms with Crippen molar-refractivity contribution in [3.8, 4) is 0 Å². The molecule has 2 atom stereocenters. The highest BCUT2D eigenvalue weighted by molar-refractivity contribution is 5.90. The monoisotopic (exact) mass is 210 g/mol. The average Bonchev–Trinajstić information content (AvgIpc) is 3.12. The number of hydrogen-bond acceptors (Lipinski definition) is 1. The Labute approximate surface area is 95.4 Å². The first-order chi connectivity index (χ1) is 7.93. The van der Waals surface area contributed by atoms with Crippen LogP contribution in [0.5, 0.6) is 0 Å². The molecule has 0 saturated carbocycles. The molecule has 16 heavy (non-hydrogen) atoms. The number of benzene rings is 2. The Morgan fingerprint density at radius 1 is 1.06 bits per heavy atom. The summed E-state index contributed by atoms with van der Waals surface area (Å²) in [7, 11) is 0. The van der Waals surface area contributed by atoms with Crippen LogP contribution in [0.3, 0.4) is 0 Å². The Kier molecular flexibility index (Phi) is 2.08. The molecule has 1 heteroatoms. The zero-order chi connectivity index (χ0) is 11.1. The maximum atomic E-state index is 5.65. The van der Waals surface area contributed by atoms with Crippen molar-refractivity contribution in [3.05, 3.63) is 60.7 Å². The Hall–Kier alpha value is -1.60. The van der Waals surface area contributed by atoms with Gasteiger partial charge in [-0.1, -0.05) is 36.4 Å². The third kappa shape index (κ3) is 1.22. The third-order valence-electron chi connectivity index (χ3n) is 3.33. The van der Waals surface area contributed by atoms with Crippen LogP contribution in [-0.2, 0) is 11.2 Å². The maximum Gasteiger partial charge on any atom is 0.110 e. The summed E-state index contributed by atoms with van der Waals surface area (Å²) in [4.78, 5) is 0. The molecule has 2 aromatic rings. The Bertz CT molecular complexity index is 539. The number of ether oxygens (including phenoxy) is 1. The van der Waals surface area contributed by atoms with Gasteiger partial charge in [-0.3, -0.25) is 0 Å². The van der Waals surface area contributed by atoms with E-state index in [9.17, 15) is 0 Å². The van der Waals surface area contributed by atoms with Crippen molar-refractivity contribution in [2.75, 3.05) is 0 Å². The largest absolute Gasteiger partial charge is 0.364 e. The van der Waals surface area contributed by atoms with E-state index in [1.807, 2.05) is 0 Å². The average molecular weight is 210 g/mol. The number of fused-ring (bicyclic) bond motifs is 2. The minimum Gasteiger partial charge on any atom is -0.364 e. The van der Waals surface area contributed by atoms with Gasteiger partial charge in [-0.15, -0.1) is 13.2 Å². The predicted molar refractivity (Wildman–Crippen MR) is 66.5 cm³/mol. The molecule has 2 aliphatic rings. The molecule has 1 heterocycles. The molecule has 1 aliphatic heterocycles. The highest BCUT2D eigenvalue weighted by Crippen LogP contribution is 2.48. The van der Waals surface area contributed by atoms with Crippen molar-refractivity contribution < 1.29 is 4.74 Å². The van der Waals surface area contributed by atoms with Crippen molar-refractivity contribution in [1.82, 2.24) is 0 Å². The van der Waals surface area contributed by atoms with Crippen LogP contribution >= 0.6 is 0 Å². The molecule has 0 N–H and O–H groups in total. The van der Waals surface area contributed by atoms with E-state index in [1.54, 1.807) is 0 Å². The minimum absolute atomic E-state index is 0.397. The van der Waals surface area contributed by atoms with E-state index in [0.717, 1.165) is 6.42 Å². The van der Waals surface area contributed by atoms with Gasteiger partial charge in [0, 0.05) is 6.42 Å². The van der Waals surface area contributed by atoms with Gasteiger partial charge in [0.05, 0.1) is 6.10 Å². The van der Waals surface area contributed by atoms with Crippen molar-refractivity contribution in [3.63, 3.8) is 0 Å². The highest BCUT2D eigenvalue weighted by Gasteiger charge is 2.44. The normalized spacial score (nSPS) is 24.2. The summed E-state index contributed by atoms with van der Waals surface area (Å²) >= 11 is 0. The summed E-state index contributed by atoms with van der Waals surface area (Å²) in [6.07, 6.45) is 1.96. The summed E-state index contributed by atoms with van der Waals surface area (Å²) in [5.41, 5.74) is 2.85. The second-order valence-corrected chi connectivity index (χ2v) is 4.16. The molecular weight excluding hydrogens is 196 g/mol. The molecule has 1 saturated heterocycles. The topological polar surface area (TPSA) is 12.5 Å². The highest BCUT2D eigenvalue weighted by atomic mass is 16.6. The van der Waals surface area contributed by atoms with E-state index in [2.05, 4.69) is 49.6 Å². The zero-order valence-corrected chi connectivity index (χ0v) is 9.15. The number of hydrogen-bond donors (Lipinski definition) is 0. The van der Waals surface area contributed by atoms with Crippen molar-refractivity contribution in [1.29, 1.82) is 0 Å². The Balaban J connectivity index is 0.000000386. The second-order valence-electron chi connectivity index (χ2n) is 4.16. The lowest BCUT2D eigenvalue weighted by atomic mass is 9.89. The van der Waals surface area contributed by atoms with Gasteiger partial charge < -0.3 is 4.74 Å². The quantitative estimate of drug-likeness (QED) is 0.477. The molecule has 0 amide bonds. The van der Waals surface area contributed by atoms with E-state index in [1.165, 1.54) is 21.9 Å². The summed E-state index contributed by atoms with van der Waals surface area (Å²) in [5.74, 6) is 0. The van der Waals surface area contributed by atoms with Crippen LogP contribution in [0.15, 0.2) is 49.6 Å². The molecular formula is C15H14O. The fourth-order valence-electron chi connectivity index (χ4n) is 2.65. The molecule has 2 aromatic carbocycles. The van der Waals surface area contributed by atoms with Gasteiger partial charge in [-0.2, -0.15) is 0 Å². The fourth-order valence-corrected chi connectivity index (χ4v) is 2.65. The van der Waals surface area contributed by atoms with Crippen molar-refractivity contribution in [2.24, 2.45) is 0 Å². The summed E-state index contributed by atoms with van der Waals surface area (Å²) < 4.78 is 5.65. The standard InChI is InChI=1S/C13H10O.C2H4/c1-3-8-4-2-6-10-12(8)9(5-1)7-11-13(10)14-11;1-2/h1-6,11,13H,7H2;1-2H2. The van der Waals surface area contributed by atoms with Crippen LogP contribution < -0.4 is 0 Å². The van der Waals surface area contributed by atoms with Crippen LogP contribution in [0.4, 0.5) is 0 Å². The third-order valence-corrected chi connectivity index (χ3v) is 3.33. The first-order valence-corrected chi connectivity index (χ1v) is 5.59. The predicted octanol–water partition coefficient (Wildman–Crippen LogP) is 3.64. The van der Waals surface area contributed by atoms with E-state index in [4.69, 9.17) is 4.74 Å². The fraction of sp³-hybridized carbons (Fsp3) is 0.200. The smallest absolute Gasteiger partial charge is 0.110 e. The number of epoxide rings is 1. The lowest BCUT2D eigenvalue weighted by Gasteiger charge is -2.13.